The van der Waals surface area contributed by atoms with Crippen LogP contribution in [0.25, 0.3) is 0 Å². The molecule has 0 spiro atoms. The standard InChI is InChI=1S/C11H21N3O/c1-5-14-10(7-6-9(2)12-3)11(15-4)8-13-14/h8-9,12H,5-7H2,1-4H3. The van der Waals surface area contributed by atoms with Crippen LogP contribution >= 0.6 is 0 Å². The second kappa shape index (κ2) is 5.75. The van der Waals surface area contributed by atoms with Crippen molar-refractivity contribution in [2.45, 2.75) is 39.3 Å². The molecule has 86 valence electrons. The first kappa shape index (κ1) is 12.0. The van der Waals surface area contributed by atoms with Gasteiger partial charge in [0.1, 0.15) is 0 Å². The normalized spacial score (nSPS) is 12.8. The van der Waals surface area contributed by atoms with Gasteiger partial charge in [0.15, 0.2) is 5.75 Å². The molecular weight excluding hydrogens is 190 g/mol. The van der Waals surface area contributed by atoms with Crippen LogP contribution in [-0.2, 0) is 13.0 Å². The van der Waals surface area contributed by atoms with Gasteiger partial charge in [-0.25, -0.2) is 0 Å². The zero-order valence-corrected chi connectivity index (χ0v) is 10.1. The molecule has 0 amide bonds. The minimum atomic E-state index is 0.523. The van der Waals surface area contributed by atoms with Gasteiger partial charge in [-0.3, -0.25) is 4.68 Å². The predicted molar refractivity (Wildman–Crippen MR) is 61.3 cm³/mol. The van der Waals surface area contributed by atoms with Crippen LogP contribution < -0.4 is 10.1 Å². The number of hydrogen-bond donors (Lipinski definition) is 1. The molecule has 0 aliphatic heterocycles. The summed E-state index contributed by atoms with van der Waals surface area (Å²) in [6.07, 6.45) is 3.89. The molecule has 0 aromatic carbocycles. The minimum Gasteiger partial charge on any atom is -0.493 e. The van der Waals surface area contributed by atoms with E-state index in [0.717, 1.165) is 25.1 Å². The fourth-order valence-electron chi connectivity index (χ4n) is 1.59. The van der Waals surface area contributed by atoms with E-state index in [4.69, 9.17) is 4.74 Å². The van der Waals surface area contributed by atoms with Gasteiger partial charge in [0, 0.05) is 12.6 Å². The average molecular weight is 211 g/mol. The number of nitrogens with zero attached hydrogens (tertiary/aromatic N) is 2. The highest BCUT2D eigenvalue weighted by molar-refractivity contribution is 5.25. The van der Waals surface area contributed by atoms with Gasteiger partial charge < -0.3 is 10.1 Å². The van der Waals surface area contributed by atoms with Gasteiger partial charge in [-0.05, 0) is 33.7 Å². The summed E-state index contributed by atoms with van der Waals surface area (Å²) in [7, 11) is 3.68. The van der Waals surface area contributed by atoms with Gasteiger partial charge in [0.2, 0.25) is 0 Å². The molecule has 0 bridgehead atoms. The van der Waals surface area contributed by atoms with Crippen molar-refractivity contribution in [3.8, 4) is 5.75 Å². The monoisotopic (exact) mass is 211 g/mol. The van der Waals surface area contributed by atoms with Gasteiger partial charge in [-0.15, -0.1) is 0 Å². The van der Waals surface area contributed by atoms with E-state index in [1.807, 2.05) is 11.7 Å². The summed E-state index contributed by atoms with van der Waals surface area (Å²) in [5.41, 5.74) is 1.20. The van der Waals surface area contributed by atoms with Crippen LogP contribution in [0.2, 0.25) is 0 Å². The molecule has 1 aromatic heterocycles. The Labute approximate surface area is 91.6 Å². The molecule has 0 saturated heterocycles. The molecule has 0 aliphatic rings. The van der Waals surface area contributed by atoms with Crippen LogP contribution in [0.3, 0.4) is 0 Å². The minimum absolute atomic E-state index is 0.523. The van der Waals surface area contributed by atoms with Crippen molar-refractivity contribution in [3.63, 3.8) is 0 Å². The smallest absolute Gasteiger partial charge is 0.159 e. The maximum atomic E-state index is 5.29. The van der Waals surface area contributed by atoms with Crippen molar-refractivity contribution in [2.75, 3.05) is 14.2 Å². The van der Waals surface area contributed by atoms with E-state index in [1.54, 1.807) is 13.3 Å². The highest BCUT2D eigenvalue weighted by Gasteiger charge is 2.11. The Morgan fingerprint density at radius 2 is 2.33 bits per heavy atom. The lowest BCUT2D eigenvalue weighted by Gasteiger charge is -2.11. The predicted octanol–water partition coefficient (Wildman–Crippen LogP) is 1.45. The molecule has 4 nitrogen and oxygen atoms in total. The molecule has 1 atom stereocenters. The Balaban J connectivity index is 2.68. The van der Waals surface area contributed by atoms with E-state index >= 15 is 0 Å². The van der Waals surface area contributed by atoms with Crippen molar-refractivity contribution in [1.29, 1.82) is 0 Å². The zero-order chi connectivity index (χ0) is 11.3. The molecule has 0 aliphatic carbocycles. The summed E-state index contributed by atoms with van der Waals surface area (Å²) in [6, 6.07) is 0.523. The van der Waals surface area contributed by atoms with E-state index in [0.29, 0.717) is 6.04 Å². The quantitative estimate of drug-likeness (QED) is 0.774. The van der Waals surface area contributed by atoms with Crippen LogP contribution in [0.4, 0.5) is 0 Å². The number of rotatable bonds is 6. The molecule has 15 heavy (non-hydrogen) atoms. The molecule has 1 aromatic rings. The maximum absolute atomic E-state index is 5.29. The summed E-state index contributed by atoms with van der Waals surface area (Å²) in [6.45, 7) is 5.17. The Morgan fingerprint density at radius 3 is 2.87 bits per heavy atom. The van der Waals surface area contributed by atoms with E-state index < -0.39 is 0 Å². The number of nitrogens with one attached hydrogen (secondary N) is 1. The van der Waals surface area contributed by atoms with Crippen LogP contribution in [0.15, 0.2) is 6.20 Å². The molecule has 1 heterocycles. The number of hydrogen-bond acceptors (Lipinski definition) is 3. The third kappa shape index (κ3) is 2.96. The summed E-state index contributed by atoms with van der Waals surface area (Å²) in [4.78, 5) is 0. The highest BCUT2D eigenvalue weighted by Crippen LogP contribution is 2.19. The lowest BCUT2D eigenvalue weighted by molar-refractivity contribution is 0.404. The molecule has 1 rings (SSSR count). The van der Waals surface area contributed by atoms with E-state index in [1.165, 1.54) is 5.69 Å². The van der Waals surface area contributed by atoms with Crippen LogP contribution in [0.5, 0.6) is 5.75 Å². The average Bonchev–Trinajstić information content (AvgIpc) is 2.67. The van der Waals surface area contributed by atoms with Crippen LogP contribution in [0, 0.1) is 0 Å². The largest absolute Gasteiger partial charge is 0.493 e. The number of aromatic nitrogens is 2. The summed E-state index contributed by atoms with van der Waals surface area (Å²) in [5, 5.41) is 7.51. The van der Waals surface area contributed by atoms with Crippen molar-refractivity contribution in [3.05, 3.63) is 11.9 Å². The van der Waals surface area contributed by atoms with Crippen molar-refractivity contribution in [2.24, 2.45) is 0 Å². The first-order valence-corrected chi connectivity index (χ1v) is 5.48. The second-order valence-electron chi connectivity index (χ2n) is 3.70. The number of methoxy groups -OCH3 is 1. The molecule has 0 saturated carbocycles. The summed E-state index contributed by atoms with van der Waals surface area (Å²) >= 11 is 0. The number of ether oxygens (including phenoxy) is 1. The van der Waals surface area contributed by atoms with Gasteiger partial charge >= 0.3 is 0 Å². The fraction of sp³-hybridized carbons (Fsp3) is 0.727. The van der Waals surface area contributed by atoms with E-state index in [2.05, 4.69) is 24.3 Å². The Hall–Kier alpha value is -1.03. The lowest BCUT2D eigenvalue weighted by Crippen LogP contribution is -2.22. The molecule has 1 N–H and O–H groups in total. The zero-order valence-electron chi connectivity index (χ0n) is 10.1. The van der Waals surface area contributed by atoms with Gasteiger partial charge in [0.05, 0.1) is 19.0 Å². The molecular formula is C11H21N3O. The molecule has 0 radical (unpaired) electrons. The Bertz CT molecular complexity index is 275. The SMILES string of the molecule is CCn1ncc(OC)c1CCC(C)NC. The van der Waals surface area contributed by atoms with Crippen LogP contribution in [-0.4, -0.2) is 30.0 Å². The number of aryl methyl sites for hydroxylation is 1. The third-order valence-electron chi connectivity index (χ3n) is 2.74. The van der Waals surface area contributed by atoms with E-state index in [-0.39, 0.29) is 0 Å². The van der Waals surface area contributed by atoms with E-state index in [9.17, 15) is 0 Å². The first-order valence-electron chi connectivity index (χ1n) is 5.48. The summed E-state index contributed by atoms with van der Waals surface area (Å²) < 4.78 is 7.29. The highest BCUT2D eigenvalue weighted by atomic mass is 16.5. The first-order chi connectivity index (χ1) is 7.22. The fourth-order valence-corrected chi connectivity index (χ4v) is 1.59. The van der Waals surface area contributed by atoms with Gasteiger partial charge in [0.25, 0.3) is 0 Å². The molecule has 1 unspecified atom stereocenters. The van der Waals surface area contributed by atoms with Crippen molar-refractivity contribution < 1.29 is 4.74 Å². The van der Waals surface area contributed by atoms with Gasteiger partial charge in [-0.2, -0.15) is 5.10 Å². The second-order valence-corrected chi connectivity index (χ2v) is 3.70. The van der Waals surface area contributed by atoms with Crippen molar-refractivity contribution >= 4 is 0 Å². The molecule has 4 heteroatoms. The Morgan fingerprint density at radius 1 is 1.60 bits per heavy atom. The summed E-state index contributed by atoms with van der Waals surface area (Å²) in [5.74, 6) is 0.903. The topological polar surface area (TPSA) is 39.1 Å². The lowest BCUT2D eigenvalue weighted by atomic mass is 10.1. The maximum Gasteiger partial charge on any atom is 0.159 e. The molecule has 0 fully saturated rings. The van der Waals surface area contributed by atoms with Crippen molar-refractivity contribution in [1.82, 2.24) is 15.1 Å². The Kier molecular flexibility index (Phi) is 4.62. The van der Waals surface area contributed by atoms with Crippen LogP contribution in [0.1, 0.15) is 26.0 Å². The van der Waals surface area contributed by atoms with Gasteiger partial charge in [-0.1, -0.05) is 0 Å². The third-order valence-corrected chi connectivity index (χ3v) is 2.74.